The van der Waals surface area contributed by atoms with Crippen LogP contribution in [0.2, 0.25) is 0 Å². The fourth-order valence-corrected chi connectivity index (χ4v) is 3.68. The minimum atomic E-state index is -1.07. The topological polar surface area (TPSA) is 86.7 Å². The lowest BCUT2D eigenvalue weighted by Gasteiger charge is -2.14. The van der Waals surface area contributed by atoms with Gasteiger partial charge in [-0.15, -0.1) is 0 Å². The SMILES string of the molecule is O=C(CN1C(=O)/C(=C/c2cccc(F)c2)SC1=S)Nc1ccc(C(=O)O)cc1. The molecule has 9 heteroatoms. The molecule has 1 saturated heterocycles. The van der Waals surface area contributed by atoms with Gasteiger partial charge in [-0.25, -0.2) is 9.18 Å². The van der Waals surface area contributed by atoms with Crippen LogP contribution in [0, 0.1) is 5.82 Å². The van der Waals surface area contributed by atoms with E-state index in [1.807, 2.05) is 0 Å². The zero-order chi connectivity index (χ0) is 20.3. The summed E-state index contributed by atoms with van der Waals surface area (Å²) in [6.07, 6.45) is 1.52. The van der Waals surface area contributed by atoms with Crippen LogP contribution < -0.4 is 5.32 Å². The standard InChI is InChI=1S/C19H13FN2O4S2/c20-13-3-1-2-11(8-13)9-15-17(24)22(19(27)28-15)10-16(23)21-14-6-4-12(5-7-14)18(25)26/h1-9H,10H2,(H,21,23)(H,25,26)/b15-9-. The van der Waals surface area contributed by atoms with Gasteiger partial charge in [0.15, 0.2) is 0 Å². The number of amides is 2. The van der Waals surface area contributed by atoms with Crippen molar-refractivity contribution in [3.63, 3.8) is 0 Å². The quantitative estimate of drug-likeness (QED) is 0.574. The largest absolute Gasteiger partial charge is 0.478 e. The number of anilines is 1. The molecule has 0 spiro atoms. The number of hydrogen-bond donors (Lipinski definition) is 2. The normalized spacial score (nSPS) is 15.2. The van der Waals surface area contributed by atoms with E-state index < -0.39 is 23.6 Å². The first-order valence-electron chi connectivity index (χ1n) is 7.97. The molecule has 1 fully saturated rings. The van der Waals surface area contributed by atoms with Crippen LogP contribution in [0.1, 0.15) is 15.9 Å². The molecule has 6 nitrogen and oxygen atoms in total. The smallest absolute Gasteiger partial charge is 0.335 e. The lowest BCUT2D eigenvalue weighted by Crippen LogP contribution is -2.36. The van der Waals surface area contributed by atoms with Crippen LogP contribution in [0.4, 0.5) is 10.1 Å². The number of carbonyl (C=O) groups excluding carboxylic acids is 2. The highest BCUT2D eigenvalue weighted by Gasteiger charge is 2.33. The summed E-state index contributed by atoms with van der Waals surface area (Å²) in [4.78, 5) is 37.1. The summed E-state index contributed by atoms with van der Waals surface area (Å²) in [5, 5.41) is 11.5. The maximum Gasteiger partial charge on any atom is 0.335 e. The number of nitrogens with zero attached hydrogens (tertiary/aromatic N) is 1. The minimum Gasteiger partial charge on any atom is -0.478 e. The first kappa shape index (κ1) is 19.7. The van der Waals surface area contributed by atoms with E-state index >= 15 is 0 Å². The van der Waals surface area contributed by atoms with Crippen molar-refractivity contribution in [2.75, 3.05) is 11.9 Å². The monoisotopic (exact) mass is 416 g/mol. The number of carbonyl (C=O) groups is 3. The summed E-state index contributed by atoms with van der Waals surface area (Å²) in [5.41, 5.74) is 1.01. The number of thioether (sulfide) groups is 1. The summed E-state index contributed by atoms with van der Waals surface area (Å²) >= 11 is 6.21. The highest BCUT2D eigenvalue weighted by Crippen LogP contribution is 2.32. The van der Waals surface area contributed by atoms with Crippen molar-refractivity contribution < 1.29 is 23.9 Å². The molecule has 2 aromatic rings. The third-order valence-corrected chi connectivity index (χ3v) is 5.12. The van der Waals surface area contributed by atoms with Gasteiger partial charge in [0, 0.05) is 5.69 Å². The molecule has 2 aromatic carbocycles. The highest BCUT2D eigenvalue weighted by atomic mass is 32.2. The van der Waals surface area contributed by atoms with Gasteiger partial charge in [-0.3, -0.25) is 14.5 Å². The number of halogens is 1. The number of aromatic carboxylic acids is 1. The van der Waals surface area contributed by atoms with Crippen molar-refractivity contribution in [1.29, 1.82) is 0 Å². The van der Waals surface area contributed by atoms with E-state index in [0.717, 1.165) is 16.7 Å². The van der Waals surface area contributed by atoms with Gasteiger partial charge in [-0.05, 0) is 48.0 Å². The number of nitrogens with one attached hydrogen (secondary N) is 1. The highest BCUT2D eigenvalue weighted by molar-refractivity contribution is 8.26. The van der Waals surface area contributed by atoms with Crippen LogP contribution >= 0.6 is 24.0 Å². The van der Waals surface area contributed by atoms with Gasteiger partial charge in [-0.2, -0.15) is 0 Å². The molecular weight excluding hydrogens is 403 g/mol. The van der Waals surface area contributed by atoms with Gasteiger partial charge in [0.2, 0.25) is 5.91 Å². The Bertz CT molecular complexity index is 1010. The molecule has 28 heavy (non-hydrogen) atoms. The Kier molecular flexibility index (Phi) is 5.86. The molecule has 0 aromatic heterocycles. The van der Waals surface area contributed by atoms with Crippen LogP contribution in [0.25, 0.3) is 6.08 Å². The van der Waals surface area contributed by atoms with Crippen molar-refractivity contribution in [3.8, 4) is 0 Å². The minimum absolute atomic E-state index is 0.0948. The molecule has 0 radical (unpaired) electrons. The Labute approximate surface area is 169 Å². The third kappa shape index (κ3) is 4.62. The number of hydrogen-bond acceptors (Lipinski definition) is 5. The van der Waals surface area contributed by atoms with Gasteiger partial charge in [0.1, 0.15) is 16.7 Å². The van der Waals surface area contributed by atoms with Crippen LogP contribution in [-0.2, 0) is 9.59 Å². The molecule has 1 aliphatic rings. The number of carboxylic acids is 1. The molecule has 0 bridgehead atoms. The third-order valence-electron chi connectivity index (χ3n) is 3.74. The summed E-state index contributed by atoms with van der Waals surface area (Å²) in [7, 11) is 0. The molecule has 2 amide bonds. The number of thiocarbonyl (C=S) groups is 1. The summed E-state index contributed by atoms with van der Waals surface area (Å²) < 4.78 is 13.5. The molecule has 2 N–H and O–H groups in total. The van der Waals surface area contributed by atoms with Crippen molar-refractivity contribution in [2.45, 2.75) is 0 Å². The Morgan fingerprint density at radius 1 is 1.21 bits per heavy atom. The zero-order valence-electron chi connectivity index (χ0n) is 14.2. The number of carboxylic acid groups (broad SMARTS) is 1. The van der Waals surface area contributed by atoms with Crippen LogP contribution in [0.5, 0.6) is 0 Å². The Morgan fingerprint density at radius 3 is 2.57 bits per heavy atom. The predicted octanol–water partition coefficient (Wildman–Crippen LogP) is 3.36. The predicted molar refractivity (Wildman–Crippen MR) is 108 cm³/mol. The zero-order valence-corrected chi connectivity index (χ0v) is 15.8. The van der Waals surface area contributed by atoms with Crippen molar-refractivity contribution in [1.82, 2.24) is 4.90 Å². The van der Waals surface area contributed by atoms with Crippen LogP contribution in [-0.4, -0.2) is 38.7 Å². The summed E-state index contributed by atoms with van der Waals surface area (Å²) in [6.45, 7) is -0.286. The molecule has 0 atom stereocenters. The van der Waals surface area contributed by atoms with E-state index in [9.17, 15) is 18.8 Å². The molecule has 3 rings (SSSR count). The number of rotatable bonds is 5. The lowest BCUT2D eigenvalue weighted by atomic mass is 10.2. The Morgan fingerprint density at radius 2 is 1.93 bits per heavy atom. The summed E-state index contributed by atoms with van der Waals surface area (Å²) in [6, 6.07) is 11.4. The van der Waals surface area contributed by atoms with Gasteiger partial charge < -0.3 is 10.4 Å². The first-order chi connectivity index (χ1) is 13.3. The van der Waals surface area contributed by atoms with Crippen LogP contribution in [0.3, 0.4) is 0 Å². The van der Waals surface area contributed by atoms with E-state index in [1.165, 1.54) is 48.5 Å². The fourth-order valence-electron chi connectivity index (χ4n) is 2.42. The van der Waals surface area contributed by atoms with Crippen LogP contribution in [0.15, 0.2) is 53.4 Å². The first-order valence-corrected chi connectivity index (χ1v) is 9.20. The molecule has 1 aliphatic heterocycles. The van der Waals surface area contributed by atoms with Crippen molar-refractivity contribution >= 4 is 57.8 Å². The summed E-state index contributed by atoms with van der Waals surface area (Å²) in [5.74, 6) is -2.40. The second-order valence-corrected chi connectivity index (χ2v) is 7.43. The van der Waals surface area contributed by atoms with Gasteiger partial charge in [0.25, 0.3) is 5.91 Å². The average molecular weight is 416 g/mol. The molecular formula is C19H13FN2O4S2. The van der Waals surface area contributed by atoms with E-state index in [1.54, 1.807) is 6.07 Å². The molecule has 0 aliphatic carbocycles. The van der Waals surface area contributed by atoms with Gasteiger partial charge >= 0.3 is 5.97 Å². The van der Waals surface area contributed by atoms with E-state index in [0.29, 0.717) is 16.2 Å². The van der Waals surface area contributed by atoms with E-state index in [-0.39, 0.29) is 16.4 Å². The Hall–Kier alpha value is -3.04. The lowest BCUT2D eigenvalue weighted by molar-refractivity contribution is -0.126. The fraction of sp³-hybridized carbons (Fsp3) is 0.0526. The molecule has 142 valence electrons. The Balaban J connectivity index is 1.66. The van der Waals surface area contributed by atoms with E-state index in [4.69, 9.17) is 17.3 Å². The van der Waals surface area contributed by atoms with Crippen molar-refractivity contribution in [2.24, 2.45) is 0 Å². The number of benzene rings is 2. The van der Waals surface area contributed by atoms with Crippen molar-refractivity contribution in [3.05, 3.63) is 70.4 Å². The molecule has 1 heterocycles. The maximum absolute atomic E-state index is 13.3. The second kappa shape index (κ2) is 8.32. The average Bonchev–Trinajstić information content (AvgIpc) is 2.89. The maximum atomic E-state index is 13.3. The second-order valence-electron chi connectivity index (χ2n) is 5.75. The van der Waals surface area contributed by atoms with E-state index in [2.05, 4.69) is 5.32 Å². The molecule has 0 unspecified atom stereocenters. The molecule has 0 saturated carbocycles. The van der Waals surface area contributed by atoms with Gasteiger partial charge in [-0.1, -0.05) is 36.1 Å². The van der Waals surface area contributed by atoms with Gasteiger partial charge in [0.05, 0.1) is 10.5 Å².